The lowest BCUT2D eigenvalue weighted by Crippen LogP contribution is -2.36. The Kier molecular flexibility index (Phi) is 6.98. The number of nitrogen functional groups attached to an aromatic ring is 1. The van der Waals surface area contributed by atoms with Crippen LogP contribution in [0.15, 0.2) is 24.3 Å². The molecule has 0 spiro atoms. The molecule has 0 aliphatic rings. The van der Waals surface area contributed by atoms with Gasteiger partial charge in [-0.15, -0.1) is 0 Å². The SMILES string of the molecule is CN(CCOCCOc1ccccc1N)C(=O)OC(C)(C)C. The third kappa shape index (κ3) is 7.17. The molecule has 6 heteroatoms. The summed E-state index contributed by atoms with van der Waals surface area (Å²) in [6.07, 6.45) is -0.357. The van der Waals surface area contributed by atoms with Gasteiger partial charge in [-0.25, -0.2) is 4.79 Å². The second kappa shape index (κ2) is 8.48. The van der Waals surface area contributed by atoms with Crippen LogP contribution in [0.2, 0.25) is 0 Å². The number of carbonyl (C=O) groups is 1. The molecule has 1 amide bonds. The molecular formula is C16H26N2O4. The largest absolute Gasteiger partial charge is 0.489 e. The van der Waals surface area contributed by atoms with Gasteiger partial charge in [-0.1, -0.05) is 12.1 Å². The van der Waals surface area contributed by atoms with Gasteiger partial charge in [0.2, 0.25) is 0 Å². The third-order valence-electron chi connectivity index (χ3n) is 2.68. The smallest absolute Gasteiger partial charge is 0.410 e. The number of benzene rings is 1. The maximum absolute atomic E-state index is 11.7. The molecule has 0 atom stereocenters. The zero-order chi connectivity index (χ0) is 16.6. The van der Waals surface area contributed by atoms with Gasteiger partial charge >= 0.3 is 6.09 Å². The average Bonchev–Trinajstić information content (AvgIpc) is 2.42. The van der Waals surface area contributed by atoms with Crippen LogP contribution in [-0.4, -0.2) is 50.0 Å². The number of ether oxygens (including phenoxy) is 3. The van der Waals surface area contributed by atoms with E-state index in [1.165, 1.54) is 4.90 Å². The summed E-state index contributed by atoms with van der Waals surface area (Å²) in [4.78, 5) is 13.2. The Hall–Kier alpha value is -1.95. The van der Waals surface area contributed by atoms with Crippen LogP contribution >= 0.6 is 0 Å². The van der Waals surface area contributed by atoms with E-state index >= 15 is 0 Å². The number of hydrogen-bond donors (Lipinski definition) is 1. The van der Waals surface area contributed by atoms with Crippen molar-refractivity contribution in [2.45, 2.75) is 26.4 Å². The standard InChI is InChI=1S/C16H26N2O4/c1-16(2,3)22-15(19)18(4)9-10-20-11-12-21-14-8-6-5-7-13(14)17/h5-8H,9-12,17H2,1-4H3. The Bertz CT molecular complexity index is 471. The molecule has 22 heavy (non-hydrogen) atoms. The van der Waals surface area contributed by atoms with Crippen molar-refractivity contribution >= 4 is 11.8 Å². The number of nitrogens with zero attached hydrogens (tertiary/aromatic N) is 1. The summed E-state index contributed by atoms with van der Waals surface area (Å²) < 4.78 is 16.2. The van der Waals surface area contributed by atoms with Crippen molar-refractivity contribution in [1.29, 1.82) is 0 Å². The lowest BCUT2D eigenvalue weighted by atomic mass is 10.2. The minimum atomic E-state index is -0.490. The fourth-order valence-corrected chi connectivity index (χ4v) is 1.56. The van der Waals surface area contributed by atoms with Crippen molar-refractivity contribution < 1.29 is 19.0 Å². The van der Waals surface area contributed by atoms with E-state index in [2.05, 4.69) is 0 Å². The van der Waals surface area contributed by atoms with E-state index in [0.717, 1.165) is 0 Å². The van der Waals surface area contributed by atoms with Crippen LogP contribution in [0.3, 0.4) is 0 Å². The highest BCUT2D eigenvalue weighted by Gasteiger charge is 2.19. The number of amides is 1. The summed E-state index contributed by atoms with van der Waals surface area (Å²) in [5, 5.41) is 0. The molecule has 0 unspecified atom stereocenters. The molecule has 0 saturated heterocycles. The summed E-state index contributed by atoms with van der Waals surface area (Å²) in [6, 6.07) is 7.31. The van der Waals surface area contributed by atoms with Crippen molar-refractivity contribution in [1.82, 2.24) is 4.90 Å². The Labute approximate surface area is 132 Å². The van der Waals surface area contributed by atoms with Crippen molar-refractivity contribution in [3.05, 3.63) is 24.3 Å². The lowest BCUT2D eigenvalue weighted by molar-refractivity contribution is 0.0216. The molecule has 0 radical (unpaired) electrons. The van der Waals surface area contributed by atoms with Crippen LogP contribution in [0, 0.1) is 0 Å². The number of anilines is 1. The average molecular weight is 310 g/mol. The van der Waals surface area contributed by atoms with Crippen molar-refractivity contribution in [2.24, 2.45) is 0 Å². The molecule has 0 heterocycles. The van der Waals surface area contributed by atoms with Crippen LogP contribution in [0.5, 0.6) is 5.75 Å². The van der Waals surface area contributed by atoms with E-state index in [-0.39, 0.29) is 6.09 Å². The molecule has 6 nitrogen and oxygen atoms in total. The molecule has 1 aromatic carbocycles. The molecule has 0 aliphatic carbocycles. The molecule has 1 rings (SSSR count). The monoisotopic (exact) mass is 310 g/mol. The van der Waals surface area contributed by atoms with Crippen LogP contribution in [0.1, 0.15) is 20.8 Å². The number of hydrogen-bond acceptors (Lipinski definition) is 5. The quantitative estimate of drug-likeness (QED) is 0.619. The summed E-state index contributed by atoms with van der Waals surface area (Å²) in [7, 11) is 1.68. The van der Waals surface area contributed by atoms with Gasteiger partial charge in [0.1, 0.15) is 18.0 Å². The van der Waals surface area contributed by atoms with Crippen molar-refractivity contribution in [2.75, 3.05) is 39.1 Å². The summed E-state index contributed by atoms with van der Waals surface area (Å²) in [6.45, 7) is 7.22. The van der Waals surface area contributed by atoms with Crippen molar-refractivity contribution in [3.8, 4) is 5.75 Å². The Morgan fingerprint density at radius 1 is 1.18 bits per heavy atom. The molecule has 0 bridgehead atoms. The van der Waals surface area contributed by atoms with Gasteiger partial charge in [-0.3, -0.25) is 0 Å². The highest BCUT2D eigenvalue weighted by Crippen LogP contribution is 2.19. The second-order valence-corrected chi connectivity index (χ2v) is 5.90. The third-order valence-corrected chi connectivity index (χ3v) is 2.68. The first-order valence-corrected chi connectivity index (χ1v) is 7.29. The first-order valence-electron chi connectivity index (χ1n) is 7.29. The highest BCUT2D eigenvalue weighted by molar-refractivity contribution is 5.67. The molecule has 2 N–H and O–H groups in total. The summed E-state index contributed by atoms with van der Waals surface area (Å²) in [5.41, 5.74) is 5.87. The fraction of sp³-hybridized carbons (Fsp3) is 0.562. The topological polar surface area (TPSA) is 74.0 Å². The van der Waals surface area contributed by atoms with E-state index < -0.39 is 5.60 Å². The van der Waals surface area contributed by atoms with Crippen LogP contribution in [-0.2, 0) is 9.47 Å². The Balaban J connectivity index is 2.13. The predicted octanol–water partition coefficient (Wildman–Crippen LogP) is 2.53. The fourth-order valence-electron chi connectivity index (χ4n) is 1.56. The molecule has 1 aromatic rings. The van der Waals surface area contributed by atoms with Crippen molar-refractivity contribution in [3.63, 3.8) is 0 Å². The zero-order valence-corrected chi connectivity index (χ0v) is 13.8. The molecule has 0 aromatic heterocycles. The van der Waals surface area contributed by atoms with Gasteiger partial charge in [-0.2, -0.15) is 0 Å². The van der Waals surface area contributed by atoms with Gasteiger partial charge in [0.25, 0.3) is 0 Å². The zero-order valence-electron chi connectivity index (χ0n) is 13.8. The van der Waals surface area contributed by atoms with E-state index in [9.17, 15) is 4.79 Å². The molecule has 0 fully saturated rings. The Morgan fingerprint density at radius 3 is 2.50 bits per heavy atom. The highest BCUT2D eigenvalue weighted by atomic mass is 16.6. The Morgan fingerprint density at radius 2 is 1.86 bits per heavy atom. The summed E-state index contributed by atoms with van der Waals surface area (Å²) in [5.74, 6) is 0.650. The molecule has 0 aliphatic heterocycles. The van der Waals surface area contributed by atoms with Gasteiger partial charge in [0.15, 0.2) is 0 Å². The minimum absolute atomic E-state index is 0.357. The predicted molar refractivity (Wildman–Crippen MR) is 86.0 cm³/mol. The van der Waals surface area contributed by atoms with Gasteiger partial charge in [-0.05, 0) is 32.9 Å². The summed E-state index contributed by atoms with van der Waals surface area (Å²) >= 11 is 0. The molecule has 0 saturated carbocycles. The molecule has 124 valence electrons. The van der Waals surface area contributed by atoms with Crippen LogP contribution in [0.25, 0.3) is 0 Å². The van der Waals surface area contributed by atoms with Gasteiger partial charge in [0.05, 0.1) is 18.9 Å². The first-order chi connectivity index (χ1) is 10.3. The van der Waals surface area contributed by atoms with Gasteiger partial charge in [0, 0.05) is 13.6 Å². The van der Waals surface area contributed by atoms with E-state index in [1.54, 1.807) is 13.1 Å². The van der Waals surface area contributed by atoms with Gasteiger partial charge < -0.3 is 24.8 Å². The lowest BCUT2D eigenvalue weighted by Gasteiger charge is -2.24. The number of rotatable bonds is 7. The maximum atomic E-state index is 11.7. The maximum Gasteiger partial charge on any atom is 0.410 e. The number of likely N-dealkylation sites (N-methyl/N-ethyl adjacent to an activating group) is 1. The normalized spacial score (nSPS) is 11.1. The number of nitrogens with two attached hydrogens (primary N) is 1. The van der Waals surface area contributed by atoms with Crippen LogP contribution < -0.4 is 10.5 Å². The second-order valence-electron chi connectivity index (χ2n) is 5.90. The van der Waals surface area contributed by atoms with E-state index in [0.29, 0.717) is 37.8 Å². The number of para-hydroxylation sites is 2. The van der Waals surface area contributed by atoms with Crippen LogP contribution in [0.4, 0.5) is 10.5 Å². The number of carbonyl (C=O) groups excluding carboxylic acids is 1. The molecular weight excluding hydrogens is 284 g/mol. The van der Waals surface area contributed by atoms with E-state index in [1.807, 2.05) is 39.0 Å². The first kappa shape index (κ1) is 18.1. The minimum Gasteiger partial charge on any atom is -0.489 e. The van der Waals surface area contributed by atoms with E-state index in [4.69, 9.17) is 19.9 Å².